The molecular formula is C13H16F2N2O. The van der Waals surface area contributed by atoms with Crippen molar-refractivity contribution in [3.05, 3.63) is 35.4 Å². The predicted molar refractivity (Wildman–Crippen MR) is 63.7 cm³/mol. The number of likely N-dealkylation sites (N-methyl/N-ethyl adjacent to an activating group) is 1. The summed E-state index contributed by atoms with van der Waals surface area (Å²) >= 11 is 0. The summed E-state index contributed by atoms with van der Waals surface area (Å²) in [7, 11) is 0. The lowest BCUT2D eigenvalue weighted by Crippen LogP contribution is -2.29. The molecule has 5 heteroatoms. The third-order valence-corrected chi connectivity index (χ3v) is 2.74. The largest absolute Gasteiger partial charge is 0.387 e. The van der Waals surface area contributed by atoms with E-state index >= 15 is 0 Å². The molecule has 0 aliphatic heterocycles. The van der Waals surface area contributed by atoms with Crippen molar-refractivity contribution in [1.29, 1.82) is 5.26 Å². The minimum absolute atomic E-state index is 0.0505. The highest BCUT2D eigenvalue weighted by Gasteiger charge is 2.16. The number of nitrogens with zero attached hydrogens (tertiary/aromatic N) is 2. The highest BCUT2D eigenvalue weighted by molar-refractivity contribution is 5.21. The van der Waals surface area contributed by atoms with E-state index in [0.717, 1.165) is 18.2 Å². The Morgan fingerprint density at radius 3 is 2.78 bits per heavy atom. The van der Waals surface area contributed by atoms with E-state index in [-0.39, 0.29) is 12.1 Å². The average Bonchev–Trinajstić information content (AvgIpc) is 2.37. The Balaban J connectivity index is 2.71. The van der Waals surface area contributed by atoms with Gasteiger partial charge in [0, 0.05) is 25.1 Å². The van der Waals surface area contributed by atoms with Crippen molar-refractivity contribution in [2.24, 2.45) is 0 Å². The third-order valence-electron chi connectivity index (χ3n) is 2.74. The van der Waals surface area contributed by atoms with Gasteiger partial charge >= 0.3 is 0 Å². The van der Waals surface area contributed by atoms with Crippen molar-refractivity contribution in [3.63, 3.8) is 0 Å². The summed E-state index contributed by atoms with van der Waals surface area (Å²) in [5.74, 6) is -1.20. The Labute approximate surface area is 105 Å². The van der Waals surface area contributed by atoms with Crippen LogP contribution in [0.4, 0.5) is 8.78 Å². The van der Waals surface area contributed by atoms with Gasteiger partial charge in [-0.05, 0) is 24.7 Å². The molecule has 0 radical (unpaired) electrons. The molecular weight excluding hydrogens is 238 g/mol. The van der Waals surface area contributed by atoms with Gasteiger partial charge in [-0.3, -0.25) is 4.90 Å². The van der Waals surface area contributed by atoms with Crippen LogP contribution in [0.1, 0.15) is 25.0 Å². The first-order chi connectivity index (χ1) is 8.58. The number of aliphatic hydroxyl groups excluding tert-OH is 1. The van der Waals surface area contributed by atoms with Gasteiger partial charge in [-0.15, -0.1) is 0 Å². The monoisotopic (exact) mass is 254 g/mol. The van der Waals surface area contributed by atoms with Crippen LogP contribution in [0.25, 0.3) is 0 Å². The Morgan fingerprint density at radius 2 is 2.17 bits per heavy atom. The second kappa shape index (κ2) is 7.04. The van der Waals surface area contributed by atoms with E-state index in [1.807, 2.05) is 17.9 Å². The minimum atomic E-state index is -1.10. The van der Waals surface area contributed by atoms with Crippen molar-refractivity contribution in [2.45, 2.75) is 19.4 Å². The van der Waals surface area contributed by atoms with E-state index in [0.29, 0.717) is 19.5 Å². The summed E-state index contributed by atoms with van der Waals surface area (Å²) in [6.45, 7) is 3.20. The summed E-state index contributed by atoms with van der Waals surface area (Å²) in [5.41, 5.74) is -0.0505. The average molecular weight is 254 g/mol. The molecule has 0 heterocycles. The SMILES string of the molecule is CCN(CCC#N)CC(O)c1cc(F)ccc1F. The maximum Gasteiger partial charge on any atom is 0.129 e. The summed E-state index contributed by atoms with van der Waals surface area (Å²) < 4.78 is 26.4. The van der Waals surface area contributed by atoms with Crippen molar-refractivity contribution in [1.82, 2.24) is 4.90 Å². The van der Waals surface area contributed by atoms with Gasteiger partial charge in [0.15, 0.2) is 0 Å². The zero-order chi connectivity index (χ0) is 13.5. The zero-order valence-corrected chi connectivity index (χ0v) is 10.2. The number of nitriles is 1. The summed E-state index contributed by atoms with van der Waals surface area (Å²) in [5, 5.41) is 18.4. The number of hydrogen-bond donors (Lipinski definition) is 1. The Hall–Kier alpha value is -1.51. The lowest BCUT2D eigenvalue weighted by molar-refractivity contribution is 0.114. The fourth-order valence-corrected chi connectivity index (χ4v) is 1.70. The van der Waals surface area contributed by atoms with Crippen molar-refractivity contribution in [2.75, 3.05) is 19.6 Å². The molecule has 3 nitrogen and oxygen atoms in total. The fourth-order valence-electron chi connectivity index (χ4n) is 1.70. The Kier molecular flexibility index (Phi) is 5.69. The van der Waals surface area contributed by atoms with Gasteiger partial charge in [0.1, 0.15) is 11.6 Å². The first-order valence-electron chi connectivity index (χ1n) is 5.80. The second-order valence-corrected chi connectivity index (χ2v) is 3.98. The molecule has 1 aromatic rings. The molecule has 0 aliphatic carbocycles. The third kappa shape index (κ3) is 4.06. The highest BCUT2D eigenvalue weighted by atomic mass is 19.1. The van der Waals surface area contributed by atoms with E-state index in [9.17, 15) is 13.9 Å². The van der Waals surface area contributed by atoms with Crippen LogP contribution in [0.5, 0.6) is 0 Å². The molecule has 0 aromatic heterocycles. The molecule has 1 unspecified atom stereocenters. The highest BCUT2D eigenvalue weighted by Crippen LogP contribution is 2.19. The first kappa shape index (κ1) is 14.6. The number of benzene rings is 1. The molecule has 1 N–H and O–H groups in total. The number of aliphatic hydroxyl groups is 1. The van der Waals surface area contributed by atoms with Gasteiger partial charge in [0.2, 0.25) is 0 Å². The smallest absolute Gasteiger partial charge is 0.129 e. The Bertz CT molecular complexity index is 431. The van der Waals surface area contributed by atoms with Crippen molar-refractivity contribution in [3.8, 4) is 6.07 Å². The number of halogens is 2. The summed E-state index contributed by atoms with van der Waals surface area (Å²) in [4.78, 5) is 1.82. The molecule has 98 valence electrons. The fraction of sp³-hybridized carbons (Fsp3) is 0.462. The second-order valence-electron chi connectivity index (χ2n) is 3.98. The topological polar surface area (TPSA) is 47.3 Å². The van der Waals surface area contributed by atoms with E-state index in [1.165, 1.54) is 0 Å². The molecule has 0 amide bonds. The van der Waals surface area contributed by atoms with Gasteiger partial charge in [0.05, 0.1) is 12.2 Å². The van der Waals surface area contributed by atoms with E-state index < -0.39 is 17.7 Å². The van der Waals surface area contributed by atoms with Crippen molar-refractivity contribution < 1.29 is 13.9 Å². The van der Waals surface area contributed by atoms with E-state index in [4.69, 9.17) is 5.26 Å². The van der Waals surface area contributed by atoms with Crippen LogP contribution in [0.2, 0.25) is 0 Å². The molecule has 0 saturated carbocycles. The van der Waals surface area contributed by atoms with Crippen LogP contribution in [0, 0.1) is 23.0 Å². The molecule has 0 spiro atoms. The van der Waals surface area contributed by atoms with Gasteiger partial charge < -0.3 is 5.11 Å². The van der Waals surface area contributed by atoms with Gasteiger partial charge in [-0.2, -0.15) is 5.26 Å². The van der Waals surface area contributed by atoms with E-state index in [2.05, 4.69) is 0 Å². The standard InChI is InChI=1S/C13H16F2N2O/c1-2-17(7-3-6-16)9-13(18)11-8-10(14)4-5-12(11)15/h4-5,8,13,18H,2-3,7,9H2,1H3. The molecule has 1 aromatic carbocycles. The quantitative estimate of drug-likeness (QED) is 0.846. The maximum absolute atomic E-state index is 13.4. The number of rotatable bonds is 6. The van der Waals surface area contributed by atoms with Crippen LogP contribution >= 0.6 is 0 Å². The van der Waals surface area contributed by atoms with Crippen LogP contribution in [-0.4, -0.2) is 29.6 Å². The van der Waals surface area contributed by atoms with Gasteiger partial charge in [-0.25, -0.2) is 8.78 Å². The minimum Gasteiger partial charge on any atom is -0.387 e. The molecule has 1 rings (SSSR count). The molecule has 0 bridgehead atoms. The van der Waals surface area contributed by atoms with Crippen LogP contribution in [0.3, 0.4) is 0 Å². The Morgan fingerprint density at radius 1 is 1.44 bits per heavy atom. The van der Waals surface area contributed by atoms with Crippen LogP contribution in [0.15, 0.2) is 18.2 Å². The normalized spacial score (nSPS) is 12.4. The lowest BCUT2D eigenvalue weighted by Gasteiger charge is -2.22. The number of hydrogen-bond acceptors (Lipinski definition) is 3. The van der Waals surface area contributed by atoms with Crippen LogP contribution in [-0.2, 0) is 0 Å². The van der Waals surface area contributed by atoms with Gasteiger partial charge in [-0.1, -0.05) is 6.92 Å². The molecule has 1 atom stereocenters. The zero-order valence-electron chi connectivity index (χ0n) is 10.2. The summed E-state index contributed by atoms with van der Waals surface area (Å²) in [6.07, 6.45) is -0.758. The maximum atomic E-state index is 13.4. The van der Waals surface area contributed by atoms with Gasteiger partial charge in [0.25, 0.3) is 0 Å². The van der Waals surface area contributed by atoms with Crippen molar-refractivity contribution >= 4 is 0 Å². The molecule has 18 heavy (non-hydrogen) atoms. The first-order valence-corrected chi connectivity index (χ1v) is 5.80. The molecule has 0 saturated heterocycles. The molecule has 0 fully saturated rings. The van der Waals surface area contributed by atoms with E-state index in [1.54, 1.807) is 0 Å². The lowest BCUT2D eigenvalue weighted by atomic mass is 10.1. The predicted octanol–water partition coefficient (Wildman–Crippen LogP) is 2.23. The van der Waals surface area contributed by atoms with Crippen LogP contribution < -0.4 is 0 Å². The molecule has 0 aliphatic rings. The summed E-state index contributed by atoms with van der Waals surface area (Å²) in [6, 6.07) is 5.02.